The first-order chi connectivity index (χ1) is 19.1. The molecule has 0 unspecified atom stereocenters. The Hall–Kier alpha value is -4.04. The van der Waals surface area contributed by atoms with Crippen molar-refractivity contribution in [3.05, 3.63) is 90.4 Å². The Bertz CT molecular complexity index is 1400. The Kier molecular flexibility index (Phi) is 8.63. The van der Waals surface area contributed by atoms with Gasteiger partial charge in [0.1, 0.15) is 0 Å². The standard InChI is InChI=1S/C31H36N6O2/c1-25(38)36-20-9-18-34(24-28-12-6-7-16-32-28)17-8-19-35(23-27-11-3-4-13-29(27)36)31(39)15-21-37-30-14-5-2-10-26(30)22-33-37/h2-7,10-14,16,22H,8-9,15,17-21,23-24H2,1H3. The van der Waals surface area contributed by atoms with Crippen molar-refractivity contribution in [2.45, 2.75) is 45.8 Å². The highest BCUT2D eigenvalue weighted by molar-refractivity contribution is 5.92. The number of anilines is 1. The molecule has 0 N–H and O–H groups in total. The summed E-state index contributed by atoms with van der Waals surface area (Å²) in [5.41, 5.74) is 3.94. The number of pyridine rings is 1. The molecule has 1 aliphatic rings. The lowest BCUT2D eigenvalue weighted by Crippen LogP contribution is -2.38. The Morgan fingerprint density at radius 2 is 1.64 bits per heavy atom. The summed E-state index contributed by atoms with van der Waals surface area (Å²) in [6, 6.07) is 22.0. The molecule has 5 rings (SSSR count). The Morgan fingerprint density at radius 3 is 2.46 bits per heavy atom. The number of para-hydroxylation sites is 2. The molecule has 0 aliphatic carbocycles. The number of aryl methyl sites for hydroxylation is 1. The predicted molar refractivity (Wildman–Crippen MR) is 153 cm³/mol. The second kappa shape index (κ2) is 12.7. The smallest absolute Gasteiger partial charge is 0.224 e. The molecule has 0 saturated carbocycles. The van der Waals surface area contributed by atoms with Crippen molar-refractivity contribution in [2.75, 3.05) is 31.1 Å². The SMILES string of the molecule is CC(=O)N1CCCN(Cc2ccccn2)CCCN(C(=O)CCn2ncc3ccccc32)Cc2ccccc21. The first kappa shape index (κ1) is 26.6. The van der Waals surface area contributed by atoms with E-state index in [1.54, 1.807) is 6.92 Å². The van der Waals surface area contributed by atoms with E-state index in [1.165, 1.54) is 0 Å². The van der Waals surface area contributed by atoms with Gasteiger partial charge in [0.15, 0.2) is 0 Å². The number of hydrogen-bond donors (Lipinski definition) is 0. The molecule has 2 amide bonds. The molecule has 202 valence electrons. The summed E-state index contributed by atoms with van der Waals surface area (Å²) in [6.07, 6.45) is 5.76. The molecule has 0 radical (unpaired) electrons. The van der Waals surface area contributed by atoms with Gasteiger partial charge in [0.25, 0.3) is 0 Å². The molecule has 8 nitrogen and oxygen atoms in total. The lowest BCUT2D eigenvalue weighted by atomic mass is 10.1. The van der Waals surface area contributed by atoms with Gasteiger partial charge in [-0.3, -0.25) is 24.2 Å². The third kappa shape index (κ3) is 6.70. The topological polar surface area (TPSA) is 74.6 Å². The molecule has 0 bridgehead atoms. The zero-order chi connectivity index (χ0) is 27.0. The number of carbonyl (C=O) groups excluding carboxylic acids is 2. The van der Waals surface area contributed by atoms with Gasteiger partial charge in [-0.05, 0) is 42.7 Å². The fraction of sp³-hybridized carbons (Fsp3) is 0.355. The van der Waals surface area contributed by atoms with Crippen molar-refractivity contribution in [2.24, 2.45) is 0 Å². The summed E-state index contributed by atoms with van der Waals surface area (Å²) in [5.74, 6) is 0.103. The van der Waals surface area contributed by atoms with Crippen molar-refractivity contribution in [1.82, 2.24) is 24.6 Å². The van der Waals surface area contributed by atoms with Crippen LogP contribution in [0.25, 0.3) is 10.9 Å². The number of benzene rings is 2. The van der Waals surface area contributed by atoms with Gasteiger partial charge in [-0.1, -0.05) is 42.5 Å². The van der Waals surface area contributed by atoms with Crippen LogP contribution in [0.4, 0.5) is 5.69 Å². The fourth-order valence-corrected chi connectivity index (χ4v) is 5.34. The maximum Gasteiger partial charge on any atom is 0.224 e. The van der Waals surface area contributed by atoms with Crippen LogP contribution < -0.4 is 4.90 Å². The number of amides is 2. The second-order valence-corrected chi connectivity index (χ2v) is 10.1. The van der Waals surface area contributed by atoms with Gasteiger partial charge in [0, 0.05) is 69.9 Å². The van der Waals surface area contributed by atoms with Crippen LogP contribution in [0.3, 0.4) is 0 Å². The van der Waals surface area contributed by atoms with Crippen LogP contribution in [0.1, 0.15) is 37.4 Å². The quantitative estimate of drug-likeness (QED) is 0.384. The normalized spacial score (nSPS) is 15.4. The first-order valence-electron chi connectivity index (χ1n) is 13.7. The van der Waals surface area contributed by atoms with Gasteiger partial charge in [-0.15, -0.1) is 0 Å². The second-order valence-electron chi connectivity index (χ2n) is 10.1. The Morgan fingerprint density at radius 1 is 0.872 bits per heavy atom. The van der Waals surface area contributed by atoms with Crippen LogP contribution in [-0.4, -0.2) is 62.6 Å². The van der Waals surface area contributed by atoms with Crippen LogP contribution >= 0.6 is 0 Å². The van der Waals surface area contributed by atoms with Crippen molar-refractivity contribution in [3.8, 4) is 0 Å². The zero-order valence-corrected chi connectivity index (χ0v) is 22.6. The number of nitrogens with zero attached hydrogens (tertiary/aromatic N) is 6. The highest BCUT2D eigenvalue weighted by Crippen LogP contribution is 2.24. The molecule has 1 aliphatic heterocycles. The number of aromatic nitrogens is 3. The lowest BCUT2D eigenvalue weighted by molar-refractivity contribution is -0.132. The van der Waals surface area contributed by atoms with E-state index in [9.17, 15) is 9.59 Å². The summed E-state index contributed by atoms with van der Waals surface area (Å²) >= 11 is 0. The molecule has 0 atom stereocenters. The van der Waals surface area contributed by atoms with Gasteiger partial charge in [0.2, 0.25) is 11.8 Å². The number of rotatable bonds is 5. The molecular formula is C31H36N6O2. The molecule has 8 heteroatoms. The molecule has 2 aromatic heterocycles. The molecule has 2 aromatic carbocycles. The number of hydrogen-bond acceptors (Lipinski definition) is 5. The largest absolute Gasteiger partial charge is 0.338 e. The molecule has 0 spiro atoms. The van der Waals surface area contributed by atoms with E-state index >= 15 is 0 Å². The maximum absolute atomic E-state index is 13.6. The summed E-state index contributed by atoms with van der Waals surface area (Å²) < 4.78 is 1.91. The minimum atomic E-state index is 0.0132. The average Bonchev–Trinajstić information content (AvgIpc) is 3.36. The molecular weight excluding hydrogens is 488 g/mol. The minimum Gasteiger partial charge on any atom is -0.338 e. The van der Waals surface area contributed by atoms with Crippen LogP contribution in [0.15, 0.2) is 79.1 Å². The third-order valence-corrected chi connectivity index (χ3v) is 7.34. The molecule has 4 aromatic rings. The Balaban J connectivity index is 1.36. The Labute approximate surface area is 229 Å². The van der Waals surface area contributed by atoms with Gasteiger partial charge in [-0.25, -0.2) is 0 Å². The summed E-state index contributed by atoms with van der Waals surface area (Å²) in [4.78, 5) is 37.0. The van der Waals surface area contributed by atoms with Crippen molar-refractivity contribution in [3.63, 3.8) is 0 Å². The molecule has 0 fully saturated rings. The monoisotopic (exact) mass is 524 g/mol. The van der Waals surface area contributed by atoms with Crippen LogP contribution in [0.2, 0.25) is 0 Å². The van der Waals surface area contributed by atoms with Gasteiger partial charge in [-0.2, -0.15) is 5.10 Å². The van der Waals surface area contributed by atoms with Gasteiger partial charge in [0.05, 0.1) is 24.0 Å². The first-order valence-corrected chi connectivity index (χ1v) is 13.7. The van der Waals surface area contributed by atoms with E-state index in [2.05, 4.69) is 15.0 Å². The molecule has 0 saturated heterocycles. The van der Waals surface area contributed by atoms with Crippen molar-refractivity contribution >= 4 is 28.4 Å². The predicted octanol–water partition coefficient (Wildman–Crippen LogP) is 4.50. The number of fused-ring (bicyclic) bond motifs is 2. The average molecular weight is 525 g/mol. The third-order valence-electron chi connectivity index (χ3n) is 7.34. The lowest BCUT2D eigenvalue weighted by Gasteiger charge is -2.31. The summed E-state index contributed by atoms with van der Waals surface area (Å²) in [5, 5.41) is 5.57. The van der Waals surface area contributed by atoms with Crippen LogP contribution in [0.5, 0.6) is 0 Å². The van der Waals surface area contributed by atoms with Crippen molar-refractivity contribution < 1.29 is 9.59 Å². The molecule has 3 heterocycles. The zero-order valence-electron chi connectivity index (χ0n) is 22.6. The van der Waals surface area contributed by atoms with E-state index in [4.69, 9.17) is 0 Å². The van der Waals surface area contributed by atoms with E-state index in [0.29, 0.717) is 32.6 Å². The summed E-state index contributed by atoms with van der Waals surface area (Å²) in [7, 11) is 0. The van der Waals surface area contributed by atoms with Crippen molar-refractivity contribution in [1.29, 1.82) is 0 Å². The molecule has 39 heavy (non-hydrogen) atoms. The minimum absolute atomic E-state index is 0.0132. The van der Waals surface area contributed by atoms with Gasteiger partial charge >= 0.3 is 0 Å². The van der Waals surface area contributed by atoms with Crippen LogP contribution in [-0.2, 0) is 29.2 Å². The fourth-order valence-electron chi connectivity index (χ4n) is 5.34. The van der Waals surface area contributed by atoms with E-state index in [1.807, 2.05) is 93.6 Å². The van der Waals surface area contributed by atoms with Crippen LogP contribution in [0, 0.1) is 0 Å². The van der Waals surface area contributed by atoms with Gasteiger partial charge < -0.3 is 9.80 Å². The van der Waals surface area contributed by atoms with E-state index < -0.39 is 0 Å². The highest BCUT2D eigenvalue weighted by Gasteiger charge is 2.21. The highest BCUT2D eigenvalue weighted by atomic mass is 16.2. The summed E-state index contributed by atoms with van der Waals surface area (Å²) in [6.45, 7) is 6.34. The van der Waals surface area contributed by atoms with E-state index in [-0.39, 0.29) is 11.8 Å². The maximum atomic E-state index is 13.6. The number of carbonyl (C=O) groups is 2. The van der Waals surface area contributed by atoms with E-state index in [0.717, 1.165) is 60.3 Å².